The minimum absolute atomic E-state index is 0.592. The van der Waals surface area contributed by atoms with Crippen LogP contribution in [0, 0.1) is 36.0 Å². The third kappa shape index (κ3) is 3.25. The summed E-state index contributed by atoms with van der Waals surface area (Å²) in [5.74, 6) is 3.99. The van der Waals surface area contributed by atoms with Crippen LogP contribution in [0.5, 0.6) is 5.88 Å². The van der Waals surface area contributed by atoms with Gasteiger partial charge in [0, 0.05) is 44.5 Å². The molecule has 4 aliphatic rings. The summed E-state index contributed by atoms with van der Waals surface area (Å²) >= 11 is 0. The van der Waals surface area contributed by atoms with Crippen LogP contribution >= 0.6 is 0 Å². The second-order valence-electron chi connectivity index (χ2n) is 10.4. The fraction of sp³-hybridized carbons (Fsp3) is 0.625. The van der Waals surface area contributed by atoms with Crippen LogP contribution in [0.15, 0.2) is 30.5 Å². The van der Waals surface area contributed by atoms with E-state index in [1.165, 1.54) is 45.3 Å². The Labute approximate surface area is 178 Å². The maximum atomic E-state index is 5.95. The zero-order valence-corrected chi connectivity index (χ0v) is 18.0. The number of likely N-dealkylation sites (tertiary alicyclic amines) is 1. The van der Waals surface area contributed by atoms with Gasteiger partial charge in [0.25, 0.3) is 0 Å². The van der Waals surface area contributed by atoms with Gasteiger partial charge in [0.05, 0.1) is 18.0 Å². The summed E-state index contributed by atoms with van der Waals surface area (Å²) in [6, 6.07) is 3.90. The van der Waals surface area contributed by atoms with Gasteiger partial charge in [-0.1, -0.05) is 12.2 Å². The number of fused-ring (bicyclic) bond motifs is 2. The summed E-state index contributed by atoms with van der Waals surface area (Å²) in [4.78, 5) is 2.71. The van der Waals surface area contributed by atoms with E-state index in [1.54, 1.807) is 4.68 Å². The van der Waals surface area contributed by atoms with Gasteiger partial charge < -0.3 is 9.64 Å². The van der Waals surface area contributed by atoms with Crippen molar-refractivity contribution in [3.05, 3.63) is 36.2 Å². The van der Waals surface area contributed by atoms with Crippen molar-refractivity contribution in [3.63, 3.8) is 0 Å². The first-order valence-electron chi connectivity index (χ1n) is 11.4. The van der Waals surface area contributed by atoms with Crippen molar-refractivity contribution in [2.75, 3.05) is 26.2 Å². The maximum Gasteiger partial charge on any atom is 0.233 e. The van der Waals surface area contributed by atoms with Crippen molar-refractivity contribution in [1.82, 2.24) is 24.9 Å². The van der Waals surface area contributed by atoms with Gasteiger partial charge in [0.2, 0.25) is 5.88 Å². The Morgan fingerprint density at radius 1 is 1.13 bits per heavy atom. The number of hydrogen-bond donors (Lipinski definition) is 0. The molecule has 0 radical (unpaired) electrons. The smallest absolute Gasteiger partial charge is 0.233 e. The molecule has 2 aromatic heterocycles. The minimum Gasteiger partial charge on any atom is -0.476 e. The highest BCUT2D eigenvalue weighted by molar-refractivity contribution is 5.60. The fourth-order valence-corrected chi connectivity index (χ4v) is 6.60. The lowest BCUT2D eigenvalue weighted by atomic mass is 9.58. The van der Waals surface area contributed by atoms with E-state index < -0.39 is 0 Å². The Bertz CT molecular complexity index is 950. The van der Waals surface area contributed by atoms with Crippen LogP contribution in [0.3, 0.4) is 0 Å². The molecule has 1 saturated heterocycles. The molecule has 3 atom stereocenters. The topological polar surface area (TPSA) is 56.1 Å². The second kappa shape index (κ2) is 6.91. The molecule has 0 N–H and O–H groups in total. The third-order valence-electron chi connectivity index (χ3n) is 7.87. The number of nitrogens with zero attached hydrogens (tertiary/aromatic N) is 5. The van der Waals surface area contributed by atoms with Crippen LogP contribution < -0.4 is 4.74 Å². The van der Waals surface area contributed by atoms with E-state index in [0.29, 0.717) is 17.2 Å². The minimum atomic E-state index is 0.592. The summed E-state index contributed by atoms with van der Waals surface area (Å²) in [6.45, 7) is 6.69. The van der Waals surface area contributed by atoms with Crippen molar-refractivity contribution in [1.29, 1.82) is 0 Å². The average Bonchev–Trinajstić information content (AvgIpc) is 3.38. The first-order chi connectivity index (χ1) is 14.6. The molecular formula is C24H31N5O. The Hall–Kier alpha value is -2.21. The standard InChI is InChI=1S/C24H31N5O/c1-16-21(12-28(2)27-16)22-5-6-23(26-25-22)30-13-18-9-24(10-18)14-29(15-24)11-20-8-17-3-4-19(20)7-17/h3-6,12,17-20H,7-11,13-15H2,1-2H3. The van der Waals surface area contributed by atoms with Crippen LogP contribution in [0.1, 0.15) is 31.4 Å². The quantitative estimate of drug-likeness (QED) is 0.689. The molecule has 6 heteroatoms. The highest BCUT2D eigenvalue weighted by Gasteiger charge is 2.53. The predicted octanol–water partition coefficient (Wildman–Crippen LogP) is 3.49. The van der Waals surface area contributed by atoms with Crippen LogP contribution in [0.4, 0.5) is 0 Å². The highest BCUT2D eigenvalue weighted by atomic mass is 16.5. The molecule has 3 heterocycles. The van der Waals surface area contributed by atoms with Crippen molar-refractivity contribution in [2.24, 2.45) is 36.1 Å². The van der Waals surface area contributed by atoms with E-state index in [9.17, 15) is 0 Å². The van der Waals surface area contributed by atoms with E-state index >= 15 is 0 Å². The molecule has 3 aliphatic carbocycles. The molecule has 1 spiro atoms. The Balaban J connectivity index is 0.946. The van der Waals surface area contributed by atoms with Crippen LogP contribution in [-0.4, -0.2) is 51.1 Å². The zero-order valence-electron chi connectivity index (χ0n) is 18.0. The highest BCUT2D eigenvalue weighted by Crippen LogP contribution is 2.53. The molecule has 2 saturated carbocycles. The Kier molecular flexibility index (Phi) is 4.27. The molecule has 30 heavy (non-hydrogen) atoms. The summed E-state index contributed by atoms with van der Waals surface area (Å²) in [5.41, 5.74) is 3.42. The summed E-state index contributed by atoms with van der Waals surface area (Å²) < 4.78 is 7.76. The molecule has 0 amide bonds. The molecule has 0 aromatic carbocycles. The van der Waals surface area contributed by atoms with E-state index in [4.69, 9.17) is 4.74 Å². The van der Waals surface area contributed by atoms with Crippen molar-refractivity contribution < 1.29 is 4.74 Å². The zero-order chi connectivity index (χ0) is 20.3. The van der Waals surface area contributed by atoms with E-state index in [2.05, 4.69) is 32.3 Å². The van der Waals surface area contributed by atoms with Gasteiger partial charge in [-0.25, -0.2) is 0 Å². The average molecular weight is 406 g/mol. The largest absolute Gasteiger partial charge is 0.476 e. The first-order valence-corrected chi connectivity index (χ1v) is 11.4. The third-order valence-corrected chi connectivity index (χ3v) is 7.87. The molecule has 3 unspecified atom stereocenters. The monoisotopic (exact) mass is 405 g/mol. The molecule has 3 fully saturated rings. The first kappa shape index (κ1) is 18.6. The van der Waals surface area contributed by atoms with Crippen molar-refractivity contribution in [2.45, 2.75) is 32.6 Å². The summed E-state index contributed by atoms with van der Waals surface area (Å²) in [5, 5.41) is 13.0. The molecule has 1 aliphatic heterocycles. The number of ether oxygens (including phenoxy) is 1. The van der Waals surface area contributed by atoms with Gasteiger partial charge in [-0.2, -0.15) is 5.10 Å². The van der Waals surface area contributed by atoms with Crippen molar-refractivity contribution in [3.8, 4) is 17.1 Å². The van der Waals surface area contributed by atoms with Gasteiger partial charge in [0.15, 0.2) is 0 Å². The van der Waals surface area contributed by atoms with Gasteiger partial charge in [0.1, 0.15) is 0 Å². The number of rotatable bonds is 6. The van der Waals surface area contributed by atoms with Gasteiger partial charge in [-0.15, -0.1) is 10.2 Å². The van der Waals surface area contributed by atoms with Gasteiger partial charge >= 0.3 is 0 Å². The number of hydrogen-bond acceptors (Lipinski definition) is 5. The van der Waals surface area contributed by atoms with E-state index in [1.807, 2.05) is 32.3 Å². The number of aryl methyl sites for hydroxylation is 2. The normalized spacial score (nSPS) is 29.3. The molecule has 6 nitrogen and oxygen atoms in total. The van der Waals surface area contributed by atoms with Gasteiger partial charge in [-0.05, 0) is 67.8 Å². The number of aromatic nitrogens is 4. The van der Waals surface area contributed by atoms with E-state index in [0.717, 1.165) is 41.3 Å². The molecule has 158 valence electrons. The molecular weight excluding hydrogens is 374 g/mol. The maximum absolute atomic E-state index is 5.95. The molecule has 2 bridgehead atoms. The van der Waals surface area contributed by atoms with E-state index in [-0.39, 0.29) is 0 Å². The van der Waals surface area contributed by atoms with Crippen LogP contribution in [-0.2, 0) is 7.05 Å². The lowest BCUT2D eigenvalue weighted by molar-refractivity contribution is -0.109. The summed E-state index contributed by atoms with van der Waals surface area (Å²) in [6.07, 6.45) is 12.4. The Morgan fingerprint density at radius 3 is 2.63 bits per heavy atom. The molecule has 6 rings (SSSR count). The van der Waals surface area contributed by atoms with Gasteiger partial charge in [-0.3, -0.25) is 4.68 Å². The fourth-order valence-electron chi connectivity index (χ4n) is 6.60. The lowest BCUT2D eigenvalue weighted by Crippen LogP contribution is -2.63. The summed E-state index contributed by atoms with van der Waals surface area (Å²) in [7, 11) is 1.92. The lowest BCUT2D eigenvalue weighted by Gasteiger charge is -2.59. The van der Waals surface area contributed by atoms with Crippen molar-refractivity contribution >= 4 is 0 Å². The SMILES string of the molecule is Cc1nn(C)cc1-c1ccc(OCC2CC3(C2)CN(CC2CC4C=CC2C4)C3)nn1. The second-order valence-corrected chi connectivity index (χ2v) is 10.4. The number of allylic oxidation sites excluding steroid dienone is 2. The predicted molar refractivity (Wildman–Crippen MR) is 115 cm³/mol. The van der Waals surface area contributed by atoms with Crippen LogP contribution in [0.25, 0.3) is 11.3 Å². The van der Waals surface area contributed by atoms with Crippen LogP contribution in [0.2, 0.25) is 0 Å². The molecule has 2 aromatic rings. The Morgan fingerprint density at radius 2 is 2.00 bits per heavy atom.